The zero-order valence-electron chi connectivity index (χ0n) is 24.2. The van der Waals surface area contributed by atoms with E-state index in [2.05, 4.69) is 71.3 Å². The molecule has 0 aliphatic rings. The van der Waals surface area contributed by atoms with Crippen molar-refractivity contribution in [1.82, 2.24) is 0 Å². The van der Waals surface area contributed by atoms with Gasteiger partial charge in [0.25, 0.3) is 0 Å². The smallest absolute Gasteiger partial charge is 0.365 e. The number of esters is 1. The van der Waals surface area contributed by atoms with Gasteiger partial charge in [-0.15, -0.1) is 0 Å². The summed E-state index contributed by atoms with van der Waals surface area (Å²) in [5.41, 5.74) is 2.58. The maximum Gasteiger partial charge on any atom is 0.365 e. The molecule has 206 valence electrons. The van der Waals surface area contributed by atoms with Crippen LogP contribution < -0.4 is 4.74 Å². The first-order chi connectivity index (χ1) is 17.9. The Balaban J connectivity index is 1.76. The number of carbonyl (C=O) groups is 1. The van der Waals surface area contributed by atoms with E-state index in [1.54, 1.807) is 0 Å². The number of aryl methyl sites for hydroxylation is 1. The lowest BCUT2D eigenvalue weighted by molar-refractivity contribution is -0.919. The highest BCUT2D eigenvalue weighted by Gasteiger charge is 2.35. The third-order valence-corrected chi connectivity index (χ3v) is 7.35. The second-order valence-electron chi connectivity index (χ2n) is 11.0. The van der Waals surface area contributed by atoms with Crippen molar-refractivity contribution in [1.29, 1.82) is 0 Å². The maximum absolute atomic E-state index is 13.0. The predicted molar refractivity (Wildman–Crippen MR) is 155 cm³/mol. The summed E-state index contributed by atoms with van der Waals surface area (Å²) < 4.78 is 12.5. The fourth-order valence-electron chi connectivity index (χ4n) is 5.01. The van der Waals surface area contributed by atoms with Gasteiger partial charge in [-0.3, -0.25) is 0 Å². The lowest BCUT2D eigenvalue weighted by Crippen LogP contribution is -2.52. The van der Waals surface area contributed by atoms with Gasteiger partial charge < -0.3 is 14.0 Å². The number of likely N-dealkylation sites (N-methyl/N-ethyl adjacent to an activating group) is 1. The van der Waals surface area contributed by atoms with E-state index in [-0.39, 0.29) is 24.7 Å². The number of hydrogen-bond acceptors (Lipinski definition) is 3. The fraction of sp³-hybridized carbons (Fsp3) is 0.606. The molecule has 0 saturated carbocycles. The third kappa shape index (κ3) is 11.7. The highest BCUT2D eigenvalue weighted by molar-refractivity contribution is 5.74. The van der Waals surface area contributed by atoms with E-state index in [9.17, 15) is 4.79 Å². The molecule has 0 aromatic heterocycles. The average Bonchev–Trinajstić information content (AvgIpc) is 2.89. The second kappa shape index (κ2) is 17.2. The molecule has 37 heavy (non-hydrogen) atoms. The van der Waals surface area contributed by atoms with Crippen molar-refractivity contribution in [2.45, 2.75) is 110 Å². The van der Waals surface area contributed by atoms with E-state index >= 15 is 0 Å². The molecular weight excluding hydrogens is 458 g/mol. The number of unbranched alkanes of at least 4 members (excludes halogenated alkanes) is 7. The van der Waals surface area contributed by atoms with Crippen molar-refractivity contribution in [2.75, 3.05) is 20.7 Å². The van der Waals surface area contributed by atoms with Crippen LogP contribution in [0.5, 0.6) is 5.75 Å². The Morgan fingerprint density at radius 1 is 0.757 bits per heavy atom. The zero-order chi connectivity index (χ0) is 26.9. The van der Waals surface area contributed by atoms with Crippen LogP contribution in [0.15, 0.2) is 54.6 Å². The highest BCUT2D eigenvalue weighted by Crippen LogP contribution is 2.20. The van der Waals surface area contributed by atoms with Crippen molar-refractivity contribution in [3.8, 4) is 5.75 Å². The van der Waals surface area contributed by atoms with Crippen LogP contribution in [0.25, 0.3) is 0 Å². The van der Waals surface area contributed by atoms with Crippen LogP contribution in [0.4, 0.5) is 0 Å². The number of ether oxygens (including phenoxy) is 2. The van der Waals surface area contributed by atoms with Crippen LogP contribution in [0.3, 0.4) is 0 Å². The normalized spacial score (nSPS) is 13.2. The predicted octanol–water partition coefficient (Wildman–Crippen LogP) is 8.13. The monoisotopic (exact) mass is 510 g/mol. The van der Waals surface area contributed by atoms with E-state index in [4.69, 9.17) is 9.47 Å². The van der Waals surface area contributed by atoms with Gasteiger partial charge in [0.1, 0.15) is 25.0 Å². The highest BCUT2D eigenvalue weighted by atomic mass is 16.6. The molecule has 0 N–H and O–H groups in total. The molecule has 4 heteroatoms. The first-order valence-electron chi connectivity index (χ1n) is 14.7. The molecule has 2 atom stereocenters. The van der Waals surface area contributed by atoms with Gasteiger partial charge in [-0.05, 0) is 37.0 Å². The van der Waals surface area contributed by atoms with Crippen molar-refractivity contribution < 1.29 is 18.8 Å². The third-order valence-electron chi connectivity index (χ3n) is 7.35. The number of nitrogens with zero attached hydrogens (tertiary/aromatic N) is 1. The van der Waals surface area contributed by atoms with E-state index in [0.29, 0.717) is 4.48 Å². The number of rotatable bonds is 19. The summed E-state index contributed by atoms with van der Waals surface area (Å²) in [5.74, 6) is 0.695. The summed E-state index contributed by atoms with van der Waals surface area (Å²) in [7, 11) is 4.21. The van der Waals surface area contributed by atoms with E-state index in [1.165, 1.54) is 62.5 Å². The van der Waals surface area contributed by atoms with Gasteiger partial charge in [0.05, 0.1) is 14.1 Å². The van der Waals surface area contributed by atoms with E-state index in [0.717, 1.165) is 31.6 Å². The van der Waals surface area contributed by atoms with Gasteiger partial charge in [-0.25, -0.2) is 4.79 Å². The minimum absolute atomic E-state index is 0.147. The van der Waals surface area contributed by atoms with Gasteiger partial charge in [0.2, 0.25) is 0 Å². The zero-order valence-corrected chi connectivity index (χ0v) is 24.2. The molecule has 2 rings (SSSR count). The SMILES string of the molecule is CCCCCCCCCCc1ccc(OC(CC)COC(=O)C(CC)[N+](C)(C)Cc2ccccc2)cc1. The van der Waals surface area contributed by atoms with Crippen molar-refractivity contribution in [2.24, 2.45) is 0 Å². The number of carbonyl (C=O) groups excluding carboxylic acids is 1. The molecule has 0 heterocycles. The molecule has 2 unspecified atom stereocenters. The number of quaternary nitrogens is 1. The molecule has 0 spiro atoms. The minimum Gasteiger partial charge on any atom is -0.487 e. The average molecular weight is 511 g/mol. The van der Waals surface area contributed by atoms with Crippen molar-refractivity contribution in [3.05, 3.63) is 65.7 Å². The number of benzene rings is 2. The molecule has 4 nitrogen and oxygen atoms in total. The van der Waals surface area contributed by atoms with E-state index < -0.39 is 0 Å². The largest absolute Gasteiger partial charge is 0.487 e. The van der Waals surface area contributed by atoms with Crippen LogP contribution in [-0.2, 0) is 22.5 Å². The summed E-state index contributed by atoms with van der Waals surface area (Å²) in [6, 6.07) is 18.6. The Labute approximate surface area is 227 Å². The second-order valence-corrected chi connectivity index (χ2v) is 11.0. The maximum atomic E-state index is 13.0. The van der Waals surface area contributed by atoms with Crippen LogP contribution >= 0.6 is 0 Å². The van der Waals surface area contributed by atoms with Gasteiger partial charge >= 0.3 is 5.97 Å². The molecule has 0 radical (unpaired) electrons. The summed E-state index contributed by atoms with van der Waals surface area (Å²) in [6.45, 7) is 7.45. The van der Waals surface area contributed by atoms with E-state index in [1.807, 2.05) is 18.2 Å². The Kier molecular flexibility index (Phi) is 14.4. The molecule has 0 fully saturated rings. The standard InChI is InChI=1S/C33H52NO3/c1-6-9-10-11-12-13-14-16-19-28-22-24-31(25-23-28)37-30(7-2)27-36-33(35)32(8-3)34(4,5)26-29-20-17-15-18-21-29/h15,17-18,20-25,30,32H,6-14,16,19,26-27H2,1-5H3/q+1. The Morgan fingerprint density at radius 2 is 1.38 bits per heavy atom. The Bertz CT molecular complexity index is 863. The molecule has 0 amide bonds. The fourth-order valence-corrected chi connectivity index (χ4v) is 5.01. The minimum atomic E-state index is -0.215. The molecule has 2 aromatic rings. The molecular formula is C33H52NO3+. The molecule has 2 aromatic carbocycles. The lowest BCUT2D eigenvalue weighted by Gasteiger charge is -2.36. The van der Waals surface area contributed by atoms with Gasteiger partial charge in [-0.2, -0.15) is 0 Å². The number of hydrogen-bond donors (Lipinski definition) is 0. The first kappa shape index (κ1) is 30.9. The lowest BCUT2D eigenvalue weighted by atomic mass is 10.0. The van der Waals surface area contributed by atoms with Crippen LogP contribution in [0.1, 0.15) is 96.1 Å². The first-order valence-corrected chi connectivity index (χ1v) is 14.7. The molecule has 0 saturated heterocycles. The molecule has 0 aliphatic heterocycles. The van der Waals surface area contributed by atoms with Crippen LogP contribution in [0, 0.1) is 0 Å². The summed E-state index contributed by atoms with van der Waals surface area (Å²) in [5, 5.41) is 0. The van der Waals surface area contributed by atoms with Gasteiger partial charge in [0, 0.05) is 12.0 Å². The quantitative estimate of drug-likeness (QED) is 0.109. The molecule has 0 aliphatic carbocycles. The Hall–Kier alpha value is -2.33. The van der Waals surface area contributed by atoms with Crippen molar-refractivity contribution >= 4 is 5.97 Å². The van der Waals surface area contributed by atoms with Gasteiger partial charge in [-0.1, -0.05) is 108 Å². The van der Waals surface area contributed by atoms with Crippen molar-refractivity contribution in [3.63, 3.8) is 0 Å². The summed E-state index contributed by atoms with van der Waals surface area (Å²) in [4.78, 5) is 13.0. The topological polar surface area (TPSA) is 35.5 Å². The van der Waals surface area contributed by atoms with Gasteiger partial charge in [0.15, 0.2) is 6.04 Å². The summed E-state index contributed by atoms with van der Waals surface area (Å²) in [6.07, 6.45) is 13.2. The van der Waals surface area contributed by atoms with Crippen LogP contribution in [0.2, 0.25) is 0 Å². The molecule has 0 bridgehead atoms. The Morgan fingerprint density at radius 3 is 1.97 bits per heavy atom. The summed E-state index contributed by atoms with van der Waals surface area (Å²) >= 11 is 0. The van der Waals surface area contributed by atoms with Crippen LogP contribution in [-0.4, -0.2) is 43.3 Å².